The summed E-state index contributed by atoms with van der Waals surface area (Å²) in [6.07, 6.45) is 0. The van der Waals surface area contributed by atoms with Crippen molar-refractivity contribution in [1.29, 1.82) is 0 Å². The summed E-state index contributed by atoms with van der Waals surface area (Å²) in [5, 5.41) is 5.06. The highest BCUT2D eigenvalue weighted by molar-refractivity contribution is 9.10. The van der Waals surface area contributed by atoms with Gasteiger partial charge in [-0.2, -0.15) is 0 Å². The molecular formula is C22H14BrN. The smallest absolute Gasteiger partial charge is 0.0620 e. The van der Waals surface area contributed by atoms with Gasteiger partial charge < -0.3 is 4.57 Å². The van der Waals surface area contributed by atoms with Crippen LogP contribution in [0, 0.1) is 0 Å². The second kappa shape index (κ2) is 5.22. The predicted molar refractivity (Wildman–Crippen MR) is 106 cm³/mol. The summed E-state index contributed by atoms with van der Waals surface area (Å²) in [5.74, 6) is 0. The third kappa shape index (κ3) is 1.87. The van der Waals surface area contributed by atoms with Gasteiger partial charge in [0.15, 0.2) is 0 Å². The Kier molecular flexibility index (Phi) is 3.00. The van der Waals surface area contributed by atoms with Crippen LogP contribution in [-0.2, 0) is 0 Å². The van der Waals surface area contributed by atoms with Gasteiger partial charge in [-0.05, 0) is 29.7 Å². The molecule has 1 heterocycles. The molecule has 0 atom stereocenters. The van der Waals surface area contributed by atoms with Gasteiger partial charge in [-0.25, -0.2) is 0 Å². The zero-order valence-electron chi connectivity index (χ0n) is 12.9. The maximum atomic E-state index is 3.76. The normalized spacial score (nSPS) is 11.5. The monoisotopic (exact) mass is 371 g/mol. The molecule has 0 unspecified atom stereocenters. The first-order valence-electron chi connectivity index (χ1n) is 8.00. The lowest BCUT2D eigenvalue weighted by Gasteiger charge is -2.10. The summed E-state index contributed by atoms with van der Waals surface area (Å²) in [6, 6.07) is 30.1. The molecule has 114 valence electrons. The van der Waals surface area contributed by atoms with E-state index in [9.17, 15) is 0 Å². The standard InChI is InChI=1S/C22H14BrN/c23-20-14-19-17-11-6-7-13-21(17)24(15-8-2-1-3-9-15)22(19)18-12-5-4-10-16(18)20/h1-14H. The lowest BCUT2D eigenvalue weighted by atomic mass is 10.1. The molecule has 0 fully saturated rings. The molecule has 4 aromatic carbocycles. The first kappa shape index (κ1) is 13.8. The maximum Gasteiger partial charge on any atom is 0.0620 e. The topological polar surface area (TPSA) is 4.93 Å². The van der Waals surface area contributed by atoms with Crippen molar-refractivity contribution in [1.82, 2.24) is 4.57 Å². The van der Waals surface area contributed by atoms with Gasteiger partial charge in [-0.1, -0.05) is 76.6 Å². The summed E-state index contributed by atoms with van der Waals surface area (Å²) in [6.45, 7) is 0. The van der Waals surface area contributed by atoms with E-state index in [2.05, 4.69) is 105 Å². The van der Waals surface area contributed by atoms with Crippen molar-refractivity contribution in [2.45, 2.75) is 0 Å². The van der Waals surface area contributed by atoms with E-state index in [1.54, 1.807) is 0 Å². The van der Waals surface area contributed by atoms with Gasteiger partial charge in [-0.3, -0.25) is 0 Å². The zero-order valence-corrected chi connectivity index (χ0v) is 14.5. The number of para-hydroxylation sites is 2. The molecule has 0 N–H and O–H groups in total. The van der Waals surface area contributed by atoms with Crippen molar-refractivity contribution in [3.63, 3.8) is 0 Å². The van der Waals surface area contributed by atoms with Crippen molar-refractivity contribution in [2.24, 2.45) is 0 Å². The number of fused-ring (bicyclic) bond motifs is 5. The Hall–Kier alpha value is -2.58. The fourth-order valence-electron chi connectivity index (χ4n) is 3.62. The number of nitrogens with zero attached hydrogens (tertiary/aromatic N) is 1. The molecule has 1 aromatic heterocycles. The van der Waals surface area contributed by atoms with Gasteiger partial charge in [0, 0.05) is 26.3 Å². The van der Waals surface area contributed by atoms with Crippen LogP contribution in [0.2, 0.25) is 0 Å². The lowest BCUT2D eigenvalue weighted by Crippen LogP contribution is -1.93. The SMILES string of the molecule is Brc1cc2c3ccccc3n(-c3ccccc3)c2c2ccccc12. The minimum absolute atomic E-state index is 1.14. The molecule has 24 heavy (non-hydrogen) atoms. The Morgan fingerprint density at radius 1 is 0.583 bits per heavy atom. The van der Waals surface area contributed by atoms with Crippen LogP contribution in [0.4, 0.5) is 0 Å². The summed E-state index contributed by atoms with van der Waals surface area (Å²) in [4.78, 5) is 0. The van der Waals surface area contributed by atoms with Gasteiger partial charge in [0.25, 0.3) is 0 Å². The van der Waals surface area contributed by atoms with Gasteiger partial charge >= 0.3 is 0 Å². The number of halogens is 1. The van der Waals surface area contributed by atoms with Crippen molar-refractivity contribution < 1.29 is 0 Å². The van der Waals surface area contributed by atoms with Crippen LogP contribution in [0.3, 0.4) is 0 Å². The quantitative estimate of drug-likeness (QED) is 0.309. The molecule has 0 aliphatic carbocycles. The molecule has 0 aliphatic heterocycles. The van der Waals surface area contributed by atoms with E-state index in [0.29, 0.717) is 0 Å². The second-order valence-electron chi connectivity index (χ2n) is 5.99. The molecule has 0 spiro atoms. The lowest BCUT2D eigenvalue weighted by molar-refractivity contribution is 1.19. The third-order valence-corrected chi connectivity index (χ3v) is 5.29. The second-order valence-corrected chi connectivity index (χ2v) is 6.84. The van der Waals surface area contributed by atoms with Crippen molar-refractivity contribution in [3.8, 4) is 5.69 Å². The van der Waals surface area contributed by atoms with Gasteiger partial charge in [-0.15, -0.1) is 0 Å². The van der Waals surface area contributed by atoms with E-state index in [4.69, 9.17) is 0 Å². The van der Waals surface area contributed by atoms with Crippen LogP contribution in [0.5, 0.6) is 0 Å². The summed E-state index contributed by atoms with van der Waals surface area (Å²) in [7, 11) is 0. The van der Waals surface area contributed by atoms with E-state index in [1.807, 2.05) is 0 Å². The molecule has 0 aliphatic rings. The Labute approximate surface area is 148 Å². The van der Waals surface area contributed by atoms with E-state index < -0.39 is 0 Å². The highest BCUT2D eigenvalue weighted by Gasteiger charge is 2.15. The van der Waals surface area contributed by atoms with Crippen LogP contribution < -0.4 is 0 Å². The van der Waals surface area contributed by atoms with Crippen molar-refractivity contribution in [3.05, 3.63) is 89.4 Å². The van der Waals surface area contributed by atoms with Crippen LogP contribution in [-0.4, -0.2) is 4.57 Å². The molecule has 0 bridgehead atoms. The minimum atomic E-state index is 1.14. The Morgan fingerprint density at radius 3 is 2.00 bits per heavy atom. The van der Waals surface area contributed by atoms with Gasteiger partial charge in [0.2, 0.25) is 0 Å². The van der Waals surface area contributed by atoms with E-state index in [0.717, 1.165) is 4.47 Å². The highest BCUT2D eigenvalue weighted by atomic mass is 79.9. The Morgan fingerprint density at radius 2 is 1.21 bits per heavy atom. The fraction of sp³-hybridized carbons (Fsp3) is 0. The number of hydrogen-bond donors (Lipinski definition) is 0. The van der Waals surface area contributed by atoms with Crippen LogP contribution in [0.25, 0.3) is 38.3 Å². The predicted octanol–water partition coefficient (Wildman–Crippen LogP) is 6.70. The van der Waals surface area contributed by atoms with Crippen LogP contribution in [0.1, 0.15) is 0 Å². The highest BCUT2D eigenvalue weighted by Crippen LogP contribution is 2.39. The molecule has 2 heteroatoms. The minimum Gasteiger partial charge on any atom is -0.309 e. The van der Waals surface area contributed by atoms with E-state index in [-0.39, 0.29) is 0 Å². The Bertz CT molecular complexity index is 1200. The van der Waals surface area contributed by atoms with Crippen LogP contribution >= 0.6 is 15.9 Å². The summed E-state index contributed by atoms with van der Waals surface area (Å²) >= 11 is 3.76. The average Bonchev–Trinajstić information content (AvgIpc) is 2.97. The van der Waals surface area contributed by atoms with Gasteiger partial charge in [0.05, 0.1) is 11.0 Å². The number of aromatic nitrogens is 1. The number of rotatable bonds is 1. The fourth-order valence-corrected chi connectivity index (χ4v) is 4.20. The Balaban J connectivity index is 2.12. The van der Waals surface area contributed by atoms with E-state index >= 15 is 0 Å². The van der Waals surface area contributed by atoms with Gasteiger partial charge in [0.1, 0.15) is 0 Å². The number of hydrogen-bond acceptors (Lipinski definition) is 0. The molecule has 5 aromatic rings. The first-order chi connectivity index (χ1) is 11.8. The number of benzene rings is 4. The maximum absolute atomic E-state index is 3.76. The summed E-state index contributed by atoms with van der Waals surface area (Å²) < 4.78 is 3.51. The zero-order chi connectivity index (χ0) is 16.1. The average molecular weight is 372 g/mol. The molecule has 0 saturated heterocycles. The van der Waals surface area contributed by atoms with Crippen LogP contribution in [0.15, 0.2) is 89.4 Å². The summed E-state index contributed by atoms with van der Waals surface area (Å²) in [5.41, 5.74) is 3.69. The molecule has 0 saturated carbocycles. The molecule has 0 radical (unpaired) electrons. The third-order valence-electron chi connectivity index (χ3n) is 4.64. The van der Waals surface area contributed by atoms with E-state index in [1.165, 1.54) is 38.3 Å². The molecule has 1 nitrogen and oxygen atoms in total. The van der Waals surface area contributed by atoms with Crippen molar-refractivity contribution in [2.75, 3.05) is 0 Å². The van der Waals surface area contributed by atoms with Crippen molar-refractivity contribution >= 4 is 48.5 Å². The molecular weight excluding hydrogens is 358 g/mol. The molecule has 0 amide bonds. The first-order valence-corrected chi connectivity index (χ1v) is 8.80. The largest absolute Gasteiger partial charge is 0.309 e. The molecule has 5 rings (SSSR count).